The summed E-state index contributed by atoms with van der Waals surface area (Å²) in [5, 5.41) is 11.4. The fraction of sp³-hybridized carbons (Fsp3) is 0.875. The summed E-state index contributed by atoms with van der Waals surface area (Å²) in [6.07, 6.45) is 0.0693. The van der Waals surface area contributed by atoms with E-state index in [1.54, 1.807) is 0 Å². The average Bonchev–Trinajstić information content (AvgIpc) is 3.08. The molecule has 1 heterocycles. The van der Waals surface area contributed by atoms with Crippen LogP contribution in [0.4, 0.5) is 8.78 Å². The van der Waals surface area contributed by atoms with Crippen LogP contribution in [0.15, 0.2) is 11.4 Å². The van der Waals surface area contributed by atoms with Gasteiger partial charge < -0.3 is 14.6 Å². The molecule has 0 amide bonds. The minimum Gasteiger partial charge on any atom is -0.393 e. The zero-order valence-electron chi connectivity index (χ0n) is 18.6. The molecule has 30 heavy (non-hydrogen) atoms. The lowest BCUT2D eigenvalue weighted by Gasteiger charge is -2.60. The minimum atomic E-state index is -1.48. The van der Waals surface area contributed by atoms with Gasteiger partial charge in [-0.25, -0.2) is 8.78 Å². The van der Waals surface area contributed by atoms with Crippen molar-refractivity contribution in [3.63, 3.8) is 0 Å². The molecule has 0 aromatic carbocycles. The van der Waals surface area contributed by atoms with Crippen LogP contribution in [0.5, 0.6) is 0 Å². The smallest absolute Gasteiger partial charge is 0.194 e. The molecule has 4 fully saturated rings. The van der Waals surface area contributed by atoms with Crippen LogP contribution in [0.1, 0.15) is 66.7 Å². The molecular formula is C24H34F2O4. The number of carbonyl (C=O) groups excluding carboxylic acids is 1. The number of alkyl halides is 1. The summed E-state index contributed by atoms with van der Waals surface area (Å²) in [6, 6.07) is 0. The van der Waals surface area contributed by atoms with E-state index in [1.165, 1.54) is 0 Å². The van der Waals surface area contributed by atoms with Gasteiger partial charge in [-0.1, -0.05) is 20.8 Å². The van der Waals surface area contributed by atoms with Crippen LogP contribution < -0.4 is 0 Å². The number of allylic oxidation sites excluding steroid dienone is 1. The van der Waals surface area contributed by atoms with Crippen molar-refractivity contribution in [2.24, 2.45) is 34.5 Å². The zero-order chi connectivity index (χ0) is 21.8. The lowest BCUT2D eigenvalue weighted by Crippen LogP contribution is -2.60. The molecule has 5 aliphatic rings. The Labute approximate surface area is 177 Å². The van der Waals surface area contributed by atoms with E-state index in [-0.39, 0.29) is 47.4 Å². The number of ketones is 1. The topological polar surface area (TPSA) is 55.8 Å². The maximum absolute atomic E-state index is 15.5. The first kappa shape index (κ1) is 21.0. The highest BCUT2D eigenvalue weighted by Gasteiger charge is 2.69. The standard InChI is InChI=1S/C24H34F2O4/c1-6-11-9-24(5)17-12(7-14(25)18(24)19(26)20(11)28)13-8-16-21(30-22(2,3)29-16)23(13,4)10-15(17)27/h11-17,21,27H,6-10H2,1-5H3/t11?,12-,13-,14-,15-,16+,17+,21+,23-,24+/m0/s1. The molecule has 0 bridgehead atoms. The van der Waals surface area contributed by atoms with Crippen molar-refractivity contribution in [3.05, 3.63) is 11.4 Å². The molecule has 10 atom stereocenters. The fourth-order valence-corrected chi connectivity index (χ4v) is 8.32. The van der Waals surface area contributed by atoms with Crippen molar-refractivity contribution in [1.29, 1.82) is 0 Å². The molecule has 0 aromatic rings. The van der Waals surface area contributed by atoms with Crippen molar-refractivity contribution in [2.75, 3.05) is 0 Å². The van der Waals surface area contributed by atoms with Crippen LogP contribution >= 0.6 is 0 Å². The third-order valence-electron chi connectivity index (χ3n) is 9.34. The van der Waals surface area contributed by atoms with Crippen LogP contribution in [-0.4, -0.2) is 41.2 Å². The predicted octanol–water partition coefficient (Wildman–Crippen LogP) is 4.50. The van der Waals surface area contributed by atoms with Crippen molar-refractivity contribution < 1.29 is 28.2 Å². The third-order valence-corrected chi connectivity index (χ3v) is 9.34. The van der Waals surface area contributed by atoms with E-state index in [2.05, 4.69) is 6.92 Å². The molecular weight excluding hydrogens is 390 g/mol. The SMILES string of the molecule is CCC1C[C@@]2(C)C(=C(F)C1=O)[C@@H](F)C[C@@H]1[C@@H]2[C@@H](O)C[C@]2(C)[C@@H]3OC(C)(C)O[C@@H]3C[C@@H]12. The normalized spacial score (nSPS) is 54.5. The highest BCUT2D eigenvalue weighted by molar-refractivity contribution is 5.97. The van der Waals surface area contributed by atoms with E-state index in [4.69, 9.17) is 9.47 Å². The number of Topliss-reactive ketones (excluding diaryl/α,β-unsaturated/α-hetero) is 1. The second-order valence-corrected chi connectivity index (χ2v) is 11.4. The number of hydrogen-bond acceptors (Lipinski definition) is 4. The van der Waals surface area contributed by atoms with Gasteiger partial charge in [0.05, 0.1) is 18.3 Å². The van der Waals surface area contributed by atoms with Crippen molar-refractivity contribution in [2.45, 2.75) is 97.0 Å². The largest absolute Gasteiger partial charge is 0.393 e. The lowest BCUT2D eigenvalue weighted by atomic mass is 9.45. The predicted molar refractivity (Wildman–Crippen MR) is 107 cm³/mol. The molecule has 1 saturated heterocycles. The number of halogens is 2. The molecule has 0 aromatic heterocycles. The summed E-state index contributed by atoms with van der Waals surface area (Å²) >= 11 is 0. The lowest BCUT2D eigenvalue weighted by molar-refractivity contribution is -0.202. The Morgan fingerprint density at radius 3 is 2.50 bits per heavy atom. The van der Waals surface area contributed by atoms with Gasteiger partial charge in [-0.15, -0.1) is 0 Å². The summed E-state index contributed by atoms with van der Waals surface area (Å²) < 4.78 is 43.0. The van der Waals surface area contributed by atoms with Crippen molar-refractivity contribution >= 4 is 5.78 Å². The molecule has 1 aliphatic heterocycles. The van der Waals surface area contributed by atoms with Crippen LogP contribution in [0, 0.1) is 34.5 Å². The van der Waals surface area contributed by atoms with E-state index in [1.807, 2.05) is 27.7 Å². The van der Waals surface area contributed by atoms with Gasteiger partial charge in [0.15, 0.2) is 17.4 Å². The van der Waals surface area contributed by atoms with Gasteiger partial charge in [-0.2, -0.15) is 0 Å². The highest BCUT2D eigenvalue weighted by atomic mass is 19.1. The fourth-order valence-electron chi connectivity index (χ4n) is 8.32. The first-order valence-corrected chi connectivity index (χ1v) is 11.5. The van der Waals surface area contributed by atoms with E-state index < -0.39 is 41.0 Å². The molecule has 3 saturated carbocycles. The first-order valence-electron chi connectivity index (χ1n) is 11.5. The Kier molecular flexibility index (Phi) is 4.45. The number of aliphatic hydroxyl groups excluding tert-OH is 1. The van der Waals surface area contributed by atoms with Crippen molar-refractivity contribution in [3.8, 4) is 0 Å². The molecule has 168 valence electrons. The molecule has 1 unspecified atom stereocenters. The van der Waals surface area contributed by atoms with Gasteiger partial charge >= 0.3 is 0 Å². The summed E-state index contributed by atoms with van der Waals surface area (Å²) in [6.45, 7) is 9.73. The van der Waals surface area contributed by atoms with Gasteiger partial charge in [-0.05, 0) is 63.7 Å². The van der Waals surface area contributed by atoms with E-state index in [0.717, 1.165) is 6.42 Å². The van der Waals surface area contributed by atoms with Crippen LogP contribution in [-0.2, 0) is 14.3 Å². The first-order chi connectivity index (χ1) is 13.9. The van der Waals surface area contributed by atoms with Gasteiger partial charge in [0.2, 0.25) is 0 Å². The van der Waals surface area contributed by atoms with Crippen LogP contribution in [0.25, 0.3) is 0 Å². The molecule has 1 N–H and O–H groups in total. The number of carbonyl (C=O) groups is 1. The maximum Gasteiger partial charge on any atom is 0.194 e. The monoisotopic (exact) mass is 424 g/mol. The average molecular weight is 425 g/mol. The third kappa shape index (κ3) is 2.56. The van der Waals surface area contributed by atoms with E-state index >= 15 is 8.78 Å². The highest BCUT2D eigenvalue weighted by Crippen LogP contribution is 2.68. The molecule has 0 radical (unpaired) electrons. The Morgan fingerprint density at radius 1 is 1.13 bits per heavy atom. The Bertz CT molecular complexity index is 809. The maximum atomic E-state index is 15.5. The molecule has 4 aliphatic carbocycles. The number of hydrogen-bond donors (Lipinski definition) is 1. The van der Waals surface area contributed by atoms with Crippen LogP contribution in [0.2, 0.25) is 0 Å². The van der Waals surface area contributed by atoms with Gasteiger partial charge in [0.1, 0.15) is 6.17 Å². The molecule has 0 spiro atoms. The summed E-state index contributed by atoms with van der Waals surface area (Å²) in [5.41, 5.74) is -1.11. The van der Waals surface area contributed by atoms with E-state index in [0.29, 0.717) is 19.3 Å². The zero-order valence-corrected chi connectivity index (χ0v) is 18.6. The number of fused-ring (bicyclic) bond motifs is 7. The van der Waals surface area contributed by atoms with E-state index in [9.17, 15) is 9.90 Å². The van der Waals surface area contributed by atoms with Gasteiger partial charge in [0, 0.05) is 22.3 Å². The number of aliphatic hydroxyl groups is 1. The molecule has 4 nitrogen and oxygen atoms in total. The number of ether oxygens (including phenoxy) is 2. The number of rotatable bonds is 1. The van der Waals surface area contributed by atoms with Crippen LogP contribution in [0.3, 0.4) is 0 Å². The Morgan fingerprint density at radius 2 is 1.83 bits per heavy atom. The minimum absolute atomic E-state index is 0.0212. The summed E-state index contributed by atoms with van der Waals surface area (Å²) in [4.78, 5) is 12.5. The quantitative estimate of drug-likeness (QED) is 0.673. The summed E-state index contributed by atoms with van der Waals surface area (Å²) in [7, 11) is 0. The molecule has 6 heteroatoms. The second-order valence-electron chi connectivity index (χ2n) is 11.4. The molecule has 5 rings (SSSR count). The second kappa shape index (κ2) is 6.35. The van der Waals surface area contributed by atoms with Crippen molar-refractivity contribution in [1.82, 2.24) is 0 Å². The van der Waals surface area contributed by atoms with Gasteiger partial charge in [0.25, 0.3) is 0 Å². The summed E-state index contributed by atoms with van der Waals surface area (Å²) in [5.74, 6) is -2.71. The Balaban J connectivity index is 1.56. The Hall–Kier alpha value is -0.850. The van der Waals surface area contributed by atoms with Gasteiger partial charge in [-0.3, -0.25) is 4.79 Å².